The van der Waals surface area contributed by atoms with Crippen molar-refractivity contribution in [1.29, 1.82) is 0 Å². The van der Waals surface area contributed by atoms with Gasteiger partial charge in [0.15, 0.2) is 0 Å². The van der Waals surface area contributed by atoms with Crippen molar-refractivity contribution >= 4 is 44.7 Å². The van der Waals surface area contributed by atoms with Crippen LogP contribution in [-0.4, -0.2) is 0 Å². The van der Waals surface area contributed by atoms with Crippen molar-refractivity contribution in [3.8, 4) is 0 Å². The molecule has 0 amide bonds. The van der Waals surface area contributed by atoms with Crippen molar-refractivity contribution in [3.63, 3.8) is 0 Å². The lowest BCUT2D eigenvalue weighted by molar-refractivity contribution is 1.04. The van der Waals surface area contributed by atoms with Crippen molar-refractivity contribution in [1.82, 2.24) is 0 Å². The third-order valence-electron chi connectivity index (χ3n) is 2.32. The van der Waals surface area contributed by atoms with Gasteiger partial charge < -0.3 is 0 Å². The predicted molar refractivity (Wildman–Crippen MR) is 70.7 cm³/mol. The summed E-state index contributed by atoms with van der Waals surface area (Å²) >= 11 is 15.6. The highest BCUT2D eigenvalue weighted by molar-refractivity contribution is 9.12. The molecule has 0 radical (unpaired) electrons. The van der Waals surface area contributed by atoms with Gasteiger partial charge in [-0.15, -0.1) is 0 Å². The summed E-state index contributed by atoms with van der Waals surface area (Å²) in [6.07, 6.45) is 6.50. The zero-order valence-electron chi connectivity index (χ0n) is 7.93. The standard InChI is InChI=1S/C12H9BrCl2/c13-11-4-2-1-3-9(11)10-6-5-8(14)7-12(10)15/h3-7H,1-2H2. The smallest absolute Gasteiger partial charge is 0.0499 e. The summed E-state index contributed by atoms with van der Waals surface area (Å²) in [6.45, 7) is 0. The molecule has 1 aliphatic rings. The molecule has 0 unspecified atom stereocenters. The number of hydrogen-bond donors (Lipinski definition) is 0. The van der Waals surface area contributed by atoms with Gasteiger partial charge in [-0.1, -0.05) is 57.4 Å². The normalized spacial score (nSPS) is 15.9. The quantitative estimate of drug-likeness (QED) is 0.647. The fourth-order valence-electron chi connectivity index (χ4n) is 1.59. The Kier molecular flexibility index (Phi) is 3.55. The van der Waals surface area contributed by atoms with Crippen LogP contribution in [0.3, 0.4) is 0 Å². The Morgan fingerprint density at radius 2 is 1.80 bits per heavy atom. The summed E-state index contributed by atoms with van der Waals surface area (Å²) < 4.78 is 1.11. The van der Waals surface area contributed by atoms with Crippen LogP contribution >= 0.6 is 39.1 Å². The van der Waals surface area contributed by atoms with E-state index in [0.717, 1.165) is 28.5 Å². The van der Waals surface area contributed by atoms with Crippen LogP contribution in [0, 0.1) is 0 Å². The van der Waals surface area contributed by atoms with Gasteiger partial charge in [-0.05, 0) is 30.5 Å². The van der Waals surface area contributed by atoms with Gasteiger partial charge in [0.05, 0.1) is 0 Å². The average Bonchev–Trinajstić information content (AvgIpc) is 2.20. The Morgan fingerprint density at radius 3 is 2.47 bits per heavy atom. The van der Waals surface area contributed by atoms with Crippen LogP contribution in [0.2, 0.25) is 10.0 Å². The molecule has 0 aromatic heterocycles. The van der Waals surface area contributed by atoms with Crippen molar-refractivity contribution in [3.05, 3.63) is 50.4 Å². The van der Waals surface area contributed by atoms with E-state index in [0.29, 0.717) is 10.0 Å². The van der Waals surface area contributed by atoms with E-state index in [4.69, 9.17) is 23.2 Å². The summed E-state index contributed by atoms with van der Waals surface area (Å²) in [6, 6.07) is 5.59. The molecule has 2 rings (SSSR count). The molecule has 1 aromatic rings. The number of benzene rings is 1. The molecule has 0 fully saturated rings. The highest BCUT2D eigenvalue weighted by Crippen LogP contribution is 2.36. The highest BCUT2D eigenvalue weighted by Gasteiger charge is 2.11. The SMILES string of the molecule is Clc1ccc(C2=CCCC=C2Br)c(Cl)c1. The van der Waals surface area contributed by atoms with Gasteiger partial charge in [0.25, 0.3) is 0 Å². The first kappa shape index (κ1) is 11.3. The molecule has 0 saturated heterocycles. The van der Waals surface area contributed by atoms with Crippen molar-refractivity contribution in [2.24, 2.45) is 0 Å². The Morgan fingerprint density at radius 1 is 1.07 bits per heavy atom. The second kappa shape index (κ2) is 4.73. The minimum Gasteiger partial charge on any atom is -0.0843 e. The molecule has 3 heteroatoms. The van der Waals surface area contributed by atoms with Gasteiger partial charge in [0.1, 0.15) is 0 Å². The Hall–Kier alpha value is -0.240. The van der Waals surface area contributed by atoms with Gasteiger partial charge in [-0.3, -0.25) is 0 Å². The summed E-state index contributed by atoms with van der Waals surface area (Å²) in [5.41, 5.74) is 2.19. The van der Waals surface area contributed by atoms with Crippen LogP contribution in [0.4, 0.5) is 0 Å². The molecule has 78 valence electrons. The second-order valence-electron chi connectivity index (χ2n) is 3.37. The van der Waals surface area contributed by atoms with E-state index < -0.39 is 0 Å². The van der Waals surface area contributed by atoms with Gasteiger partial charge >= 0.3 is 0 Å². The summed E-state index contributed by atoms with van der Waals surface area (Å²) in [5, 5.41) is 1.36. The van der Waals surface area contributed by atoms with E-state index in [-0.39, 0.29) is 0 Å². The number of halogens is 3. The van der Waals surface area contributed by atoms with E-state index in [1.807, 2.05) is 12.1 Å². The van der Waals surface area contributed by atoms with E-state index in [1.54, 1.807) is 6.07 Å². The molecule has 15 heavy (non-hydrogen) atoms. The lowest BCUT2D eigenvalue weighted by atomic mass is 10.00. The molecule has 0 atom stereocenters. The minimum absolute atomic E-state index is 0.667. The summed E-state index contributed by atoms with van der Waals surface area (Å²) in [4.78, 5) is 0. The first-order valence-electron chi connectivity index (χ1n) is 4.70. The number of allylic oxidation sites excluding steroid dienone is 4. The topological polar surface area (TPSA) is 0 Å². The monoisotopic (exact) mass is 302 g/mol. The average molecular weight is 304 g/mol. The maximum Gasteiger partial charge on any atom is 0.0499 e. The molecule has 0 saturated carbocycles. The van der Waals surface area contributed by atoms with Crippen molar-refractivity contribution in [2.45, 2.75) is 12.8 Å². The fourth-order valence-corrected chi connectivity index (χ4v) is 2.71. The Balaban J connectivity index is 2.46. The van der Waals surface area contributed by atoms with Gasteiger partial charge in [0, 0.05) is 20.1 Å². The Bertz CT molecular complexity index is 447. The van der Waals surface area contributed by atoms with Crippen LogP contribution in [0.1, 0.15) is 18.4 Å². The highest BCUT2D eigenvalue weighted by atomic mass is 79.9. The summed E-state index contributed by atoms with van der Waals surface area (Å²) in [7, 11) is 0. The molecule has 0 bridgehead atoms. The van der Waals surface area contributed by atoms with E-state index in [9.17, 15) is 0 Å². The molecule has 0 N–H and O–H groups in total. The fraction of sp³-hybridized carbons (Fsp3) is 0.167. The van der Waals surface area contributed by atoms with Crippen molar-refractivity contribution < 1.29 is 0 Å². The van der Waals surface area contributed by atoms with Crippen LogP contribution in [-0.2, 0) is 0 Å². The zero-order valence-corrected chi connectivity index (χ0v) is 11.0. The molecule has 0 spiro atoms. The van der Waals surface area contributed by atoms with Crippen molar-refractivity contribution in [2.75, 3.05) is 0 Å². The molecule has 0 heterocycles. The molecule has 0 nitrogen and oxygen atoms in total. The van der Waals surface area contributed by atoms with Gasteiger partial charge in [0.2, 0.25) is 0 Å². The van der Waals surface area contributed by atoms with Crippen LogP contribution in [0.15, 0.2) is 34.8 Å². The molecule has 1 aliphatic carbocycles. The number of rotatable bonds is 1. The third kappa shape index (κ3) is 2.47. The maximum atomic E-state index is 6.15. The molecular formula is C12H9BrCl2. The molecule has 1 aromatic carbocycles. The van der Waals surface area contributed by atoms with Crippen LogP contribution in [0.25, 0.3) is 5.57 Å². The third-order valence-corrected chi connectivity index (χ3v) is 3.62. The van der Waals surface area contributed by atoms with Crippen LogP contribution < -0.4 is 0 Å². The zero-order chi connectivity index (χ0) is 10.8. The van der Waals surface area contributed by atoms with E-state index in [1.165, 1.54) is 0 Å². The van der Waals surface area contributed by atoms with E-state index >= 15 is 0 Å². The summed E-state index contributed by atoms with van der Waals surface area (Å²) in [5.74, 6) is 0. The first-order chi connectivity index (χ1) is 7.18. The lowest BCUT2D eigenvalue weighted by Crippen LogP contribution is -1.91. The van der Waals surface area contributed by atoms with E-state index in [2.05, 4.69) is 28.1 Å². The van der Waals surface area contributed by atoms with Gasteiger partial charge in [-0.2, -0.15) is 0 Å². The lowest BCUT2D eigenvalue weighted by Gasteiger charge is -2.13. The van der Waals surface area contributed by atoms with Crippen LogP contribution in [0.5, 0.6) is 0 Å². The minimum atomic E-state index is 0.667. The first-order valence-corrected chi connectivity index (χ1v) is 6.25. The molecular weight excluding hydrogens is 295 g/mol. The maximum absolute atomic E-state index is 6.15. The largest absolute Gasteiger partial charge is 0.0843 e. The second-order valence-corrected chi connectivity index (χ2v) is 5.07. The van der Waals surface area contributed by atoms with Gasteiger partial charge in [-0.25, -0.2) is 0 Å². The predicted octanol–water partition coefficient (Wildman–Crippen LogP) is 5.45. The number of hydrogen-bond acceptors (Lipinski definition) is 0. The Labute approximate surface area is 108 Å². The molecule has 0 aliphatic heterocycles.